The summed E-state index contributed by atoms with van der Waals surface area (Å²) in [6, 6.07) is 8.39. The number of para-hydroxylation sites is 1. The molecule has 1 nitrogen and oxygen atoms in total. The first-order chi connectivity index (χ1) is 7.79. The average molecular weight is 285 g/mol. The largest absolute Gasteiger partial charge is 0.493 e. The highest BCUT2D eigenvalue weighted by molar-refractivity contribution is 9.09. The smallest absolute Gasteiger partial charge is 0.122 e. The van der Waals surface area contributed by atoms with E-state index >= 15 is 0 Å². The van der Waals surface area contributed by atoms with Crippen LogP contribution in [0.25, 0.3) is 0 Å². The van der Waals surface area contributed by atoms with Crippen LogP contribution in [0, 0.1) is 0 Å². The normalized spacial score (nSPS) is 12.4. The van der Waals surface area contributed by atoms with Crippen LogP contribution in [0.1, 0.15) is 44.6 Å². The molecule has 2 heteroatoms. The molecule has 0 heterocycles. The molecule has 16 heavy (non-hydrogen) atoms. The Morgan fingerprint density at radius 2 is 2.00 bits per heavy atom. The van der Waals surface area contributed by atoms with Gasteiger partial charge < -0.3 is 4.74 Å². The molecule has 1 atom stereocenters. The van der Waals surface area contributed by atoms with Crippen LogP contribution in [0.15, 0.2) is 24.3 Å². The molecule has 0 saturated heterocycles. The first-order valence-electron chi connectivity index (χ1n) is 6.07. The second kappa shape index (κ2) is 7.72. The van der Waals surface area contributed by atoms with E-state index in [-0.39, 0.29) is 0 Å². The summed E-state index contributed by atoms with van der Waals surface area (Å²) in [5.41, 5.74) is 1.34. The maximum absolute atomic E-state index is 5.84. The number of benzene rings is 1. The van der Waals surface area contributed by atoms with Crippen molar-refractivity contribution in [2.45, 2.75) is 39.0 Å². The van der Waals surface area contributed by atoms with E-state index in [0.717, 1.165) is 30.5 Å². The Bertz CT molecular complexity index is 299. The summed E-state index contributed by atoms with van der Waals surface area (Å²) in [7, 11) is 0. The minimum atomic E-state index is 0.576. The van der Waals surface area contributed by atoms with E-state index in [4.69, 9.17) is 4.74 Å². The fourth-order valence-corrected chi connectivity index (χ4v) is 2.01. The maximum atomic E-state index is 5.84. The average Bonchev–Trinajstić information content (AvgIpc) is 2.34. The molecule has 0 aliphatic carbocycles. The molecule has 0 amide bonds. The van der Waals surface area contributed by atoms with Crippen molar-refractivity contribution in [1.82, 2.24) is 0 Å². The van der Waals surface area contributed by atoms with Crippen LogP contribution >= 0.6 is 15.9 Å². The van der Waals surface area contributed by atoms with Gasteiger partial charge in [0.1, 0.15) is 5.75 Å². The summed E-state index contributed by atoms with van der Waals surface area (Å²) >= 11 is 3.43. The van der Waals surface area contributed by atoms with Crippen LogP contribution in [-0.2, 0) is 0 Å². The highest BCUT2D eigenvalue weighted by atomic mass is 79.9. The van der Waals surface area contributed by atoms with E-state index in [2.05, 4.69) is 48.0 Å². The third-order valence-corrected chi connectivity index (χ3v) is 3.41. The van der Waals surface area contributed by atoms with Gasteiger partial charge in [0.2, 0.25) is 0 Å². The molecular formula is C14H21BrO. The Labute approximate surface area is 107 Å². The zero-order valence-corrected chi connectivity index (χ0v) is 11.8. The summed E-state index contributed by atoms with van der Waals surface area (Å²) in [5, 5.41) is 1.06. The summed E-state index contributed by atoms with van der Waals surface area (Å²) < 4.78 is 5.84. The van der Waals surface area contributed by atoms with E-state index < -0.39 is 0 Å². The van der Waals surface area contributed by atoms with Crippen LogP contribution in [0.4, 0.5) is 0 Å². The first-order valence-corrected chi connectivity index (χ1v) is 7.19. The lowest BCUT2D eigenvalue weighted by Gasteiger charge is -2.15. The monoisotopic (exact) mass is 284 g/mol. The fraction of sp³-hybridized carbons (Fsp3) is 0.571. The lowest BCUT2D eigenvalue weighted by molar-refractivity contribution is 0.305. The molecule has 1 rings (SSSR count). The molecular weight excluding hydrogens is 264 g/mol. The molecule has 0 radical (unpaired) electrons. The molecule has 0 fully saturated rings. The standard InChI is InChI=1S/C14H21BrO/c1-3-12(2)13-8-4-5-9-14(13)16-11-7-6-10-15/h4-5,8-9,12H,3,6-7,10-11H2,1-2H3. The van der Waals surface area contributed by atoms with Gasteiger partial charge in [-0.25, -0.2) is 0 Å². The molecule has 0 spiro atoms. The quantitative estimate of drug-likeness (QED) is 0.518. The lowest BCUT2D eigenvalue weighted by Crippen LogP contribution is -2.02. The minimum absolute atomic E-state index is 0.576. The van der Waals surface area contributed by atoms with Crippen LogP contribution in [-0.4, -0.2) is 11.9 Å². The SMILES string of the molecule is CCC(C)c1ccccc1OCCCCBr. The van der Waals surface area contributed by atoms with Gasteiger partial charge in [-0.15, -0.1) is 0 Å². The maximum Gasteiger partial charge on any atom is 0.122 e. The van der Waals surface area contributed by atoms with Crippen molar-refractivity contribution in [2.24, 2.45) is 0 Å². The van der Waals surface area contributed by atoms with E-state index in [1.807, 2.05) is 6.07 Å². The summed E-state index contributed by atoms with van der Waals surface area (Å²) in [6.45, 7) is 5.28. The number of alkyl halides is 1. The molecule has 0 saturated carbocycles. The van der Waals surface area contributed by atoms with E-state index in [1.165, 1.54) is 12.0 Å². The first kappa shape index (κ1) is 13.6. The Balaban J connectivity index is 2.57. The number of unbranched alkanes of at least 4 members (excludes halogenated alkanes) is 1. The third kappa shape index (κ3) is 4.17. The molecule has 1 unspecified atom stereocenters. The van der Waals surface area contributed by atoms with E-state index in [1.54, 1.807) is 0 Å². The molecule has 0 aliphatic heterocycles. The van der Waals surface area contributed by atoms with Crippen molar-refractivity contribution in [3.63, 3.8) is 0 Å². The number of ether oxygens (including phenoxy) is 1. The molecule has 0 N–H and O–H groups in total. The molecule has 1 aromatic rings. The van der Waals surface area contributed by atoms with Crippen molar-refractivity contribution in [3.8, 4) is 5.75 Å². The van der Waals surface area contributed by atoms with Gasteiger partial charge in [0.25, 0.3) is 0 Å². The van der Waals surface area contributed by atoms with Crippen molar-refractivity contribution in [1.29, 1.82) is 0 Å². The van der Waals surface area contributed by atoms with Crippen LogP contribution in [0.2, 0.25) is 0 Å². The van der Waals surface area contributed by atoms with Gasteiger partial charge in [0, 0.05) is 5.33 Å². The van der Waals surface area contributed by atoms with E-state index in [0.29, 0.717) is 5.92 Å². The van der Waals surface area contributed by atoms with Crippen LogP contribution in [0.3, 0.4) is 0 Å². The Hall–Kier alpha value is -0.500. The van der Waals surface area contributed by atoms with Crippen molar-refractivity contribution in [3.05, 3.63) is 29.8 Å². The number of rotatable bonds is 7. The summed E-state index contributed by atoms with van der Waals surface area (Å²) in [5.74, 6) is 1.64. The third-order valence-electron chi connectivity index (χ3n) is 2.85. The Morgan fingerprint density at radius 3 is 2.69 bits per heavy atom. The van der Waals surface area contributed by atoms with Crippen LogP contribution < -0.4 is 4.74 Å². The predicted octanol–water partition coefficient (Wildman–Crippen LogP) is 4.75. The van der Waals surface area contributed by atoms with Gasteiger partial charge in [0.15, 0.2) is 0 Å². The van der Waals surface area contributed by atoms with Crippen molar-refractivity contribution >= 4 is 15.9 Å². The zero-order valence-electron chi connectivity index (χ0n) is 10.2. The Kier molecular flexibility index (Phi) is 6.55. The molecule has 90 valence electrons. The van der Waals surface area contributed by atoms with Gasteiger partial charge >= 0.3 is 0 Å². The fourth-order valence-electron chi connectivity index (χ4n) is 1.62. The summed E-state index contributed by atoms with van der Waals surface area (Å²) in [6.07, 6.45) is 3.44. The second-order valence-corrected chi connectivity index (χ2v) is 4.88. The number of hydrogen-bond donors (Lipinski definition) is 0. The van der Waals surface area contributed by atoms with Gasteiger partial charge in [0.05, 0.1) is 6.61 Å². The number of hydrogen-bond acceptors (Lipinski definition) is 1. The second-order valence-electron chi connectivity index (χ2n) is 4.09. The van der Waals surface area contributed by atoms with Gasteiger partial charge in [-0.05, 0) is 36.8 Å². The molecule has 0 aromatic heterocycles. The molecule has 0 aliphatic rings. The topological polar surface area (TPSA) is 9.23 Å². The highest BCUT2D eigenvalue weighted by Crippen LogP contribution is 2.28. The van der Waals surface area contributed by atoms with Crippen molar-refractivity contribution < 1.29 is 4.74 Å². The predicted molar refractivity (Wildman–Crippen MR) is 73.7 cm³/mol. The lowest BCUT2D eigenvalue weighted by atomic mass is 9.98. The van der Waals surface area contributed by atoms with Gasteiger partial charge in [-0.1, -0.05) is 48.0 Å². The van der Waals surface area contributed by atoms with Gasteiger partial charge in [-0.2, -0.15) is 0 Å². The van der Waals surface area contributed by atoms with E-state index in [9.17, 15) is 0 Å². The molecule has 0 bridgehead atoms. The molecule has 1 aromatic carbocycles. The van der Waals surface area contributed by atoms with Crippen LogP contribution in [0.5, 0.6) is 5.75 Å². The zero-order chi connectivity index (χ0) is 11.8. The Morgan fingerprint density at radius 1 is 1.25 bits per heavy atom. The highest BCUT2D eigenvalue weighted by Gasteiger charge is 2.08. The number of halogens is 1. The van der Waals surface area contributed by atoms with Crippen molar-refractivity contribution in [2.75, 3.05) is 11.9 Å². The minimum Gasteiger partial charge on any atom is -0.493 e. The van der Waals surface area contributed by atoms with Gasteiger partial charge in [-0.3, -0.25) is 0 Å². The summed E-state index contributed by atoms with van der Waals surface area (Å²) in [4.78, 5) is 0.